The van der Waals surface area contributed by atoms with E-state index in [0.717, 1.165) is 32.9 Å². The van der Waals surface area contributed by atoms with Gasteiger partial charge in [0.1, 0.15) is 11.5 Å². The van der Waals surface area contributed by atoms with Crippen molar-refractivity contribution in [1.82, 2.24) is 0 Å². The Morgan fingerprint density at radius 3 is 1.30 bits per heavy atom. The highest BCUT2D eigenvalue weighted by atomic mass is 16.3. The summed E-state index contributed by atoms with van der Waals surface area (Å²) in [6.07, 6.45) is 0. The Morgan fingerprint density at radius 2 is 0.870 bits per heavy atom. The first-order valence-electron chi connectivity index (χ1n) is 7.42. The quantitative estimate of drug-likeness (QED) is 0.449. The fourth-order valence-corrected chi connectivity index (χ4v) is 2.93. The summed E-state index contributed by atoms with van der Waals surface area (Å²) in [5.74, 6) is 0.531. The predicted octanol–water partition coefficient (Wildman–Crippen LogP) is 5.15. The molecule has 0 unspecified atom stereocenters. The van der Waals surface area contributed by atoms with Gasteiger partial charge in [-0.1, -0.05) is 48.5 Å². The summed E-state index contributed by atoms with van der Waals surface area (Å²) in [6.45, 7) is 0. The normalized spacial score (nSPS) is 11.0. The van der Waals surface area contributed by atoms with E-state index in [-0.39, 0.29) is 11.5 Å². The summed E-state index contributed by atoms with van der Waals surface area (Å²) >= 11 is 0. The Kier molecular flexibility index (Phi) is 3.05. The highest BCUT2D eigenvalue weighted by Crippen LogP contribution is 2.36. The second-order valence-corrected chi connectivity index (χ2v) is 5.48. The molecule has 0 bridgehead atoms. The van der Waals surface area contributed by atoms with Crippen molar-refractivity contribution < 1.29 is 10.2 Å². The Labute approximate surface area is 133 Å². The van der Waals surface area contributed by atoms with Gasteiger partial charge in [0.2, 0.25) is 0 Å². The molecule has 4 aromatic rings. The third-order valence-corrected chi connectivity index (χ3v) is 4.07. The molecule has 0 radical (unpaired) electrons. The molecular weight excluding hydrogens is 286 g/mol. The molecule has 23 heavy (non-hydrogen) atoms. The van der Waals surface area contributed by atoms with Crippen molar-refractivity contribution in [2.24, 2.45) is 0 Å². The molecule has 0 amide bonds. The number of rotatable bonds is 2. The molecule has 112 valence electrons. The molecule has 0 heterocycles. The predicted molar refractivity (Wildman–Crippen MR) is 94.5 cm³/mol. The maximum absolute atomic E-state index is 10.0. The molecular formula is C20H15NO2. The average Bonchev–Trinajstić information content (AvgIpc) is 2.60. The Morgan fingerprint density at radius 1 is 0.478 bits per heavy atom. The number of fused-ring (bicyclic) bond motifs is 2. The van der Waals surface area contributed by atoms with E-state index in [4.69, 9.17) is 0 Å². The largest absolute Gasteiger partial charge is 0.507 e. The van der Waals surface area contributed by atoms with E-state index in [0.29, 0.717) is 0 Å². The van der Waals surface area contributed by atoms with Crippen LogP contribution >= 0.6 is 0 Å². The summed E-state index contributed by atoms with van der Waals surface area (Å²) in [5, 5.41) is 26.9. The van der Waals surface area contributed by atoms with E-state index in [1.54, 1.807) is 12.1 Å². The van der Waals surface area contributed by atoms with Gasteiger partial charge < -0.3 is 15.5 Å². The monoisotopic (exact) mass is 301 g/mol. The van der Waals surface area contributed by atoms with Crippen molar-refractivity contribution in [2.75, 3.05) is 5.32 Å². The Hall–Kier alpha value is -3.20. The molecule has 0 aliphatic heterocycles. The zero-order valence-electron chi connectivity index (χ0n) is 12.3. The maximum atomic E-state index is 10.0. The zero-order chi connectivity index (χ0) is 15.8. The van der Waals surface area contributed by atoms with Crippen molar-refractivity contribution in [2.45, 2.75) is 0 Å². The molecule has 3 N–H and O–H groups in total. The van der Waals surface area contributed by atoms with Crippen LogP contribution in [0.5, 0.6) is 11.5 Å². The molecule has 3 heteroatoms. The highest BCUT2D eigenvalue weighted by Gasteiger charge is 2.08. The van der Waals surface area contributed by atoms with E-state index < -0.39 is 0 Å². The van der Waals surface area contributed by atoms with E-state index in [1.165, 1.54) is 0 Å². The van der Waals surface area contributed by atoms with Gasteiger partial charge in [-0.15, -0.1) is 0 Å². The van der Waals surface area contributed by atoms with Crippen LogP contribution in [0.3, 0.4) is 0 Å². The first-order chi connectivity index (χ1) is 11.2. The van der Waals surface area contributed by atoms with Crippen LogP contribution in [0.25, 0.3) is 21.5 Å². The van der Waals surface area contributed by atoms with Crippen molar-refractivity contribution in [3.63, 3.8) is 0 Å². The number of phenols is 2. The van der Waals surface area contributed by atoms with Gasteiger partial charge in [-0.2, -0.15) is 0 Å². The highest BCUT2D eigenvalue weighted by molar-refractivity contribution is 6.03. The van der Waals surface area contributed by atoms with Crippen LogP contribution in [0.1, 0.15) is 0 Å². The Bertz CT molecular complexity index is 941. The van der Waals surface area contributed by atoms with Crippen molar-refractivity contribution in [3.8, 4) is 11.5 Å². The summed E-state index contributed by atoms with van der Waals surface area (Å²) in [6, 6.07) is 22.5. The number of nitrogens with one attached hydrogen (secondary N) is 1. The summed E-state index contributed by atoms with van der Waals surface area (Å²) < 4.78 is 0. The molecule has 4 rings (SSSR count). The lowest BCUT2D eigenvalue weighted by atomic mass is 10.1. The van der Waals surface area contributed by atoms with E-state index in [2.05, 4.69) is 5.32 Å². The van der Waals surface area contributed by atoms with Gasteiger partial charge in [0.15, 0.2) is 0 Å². The molecule has 0 aromatic heterocycles. The number of hydrogen-bond acceptors (Lipinski definition) is 3. The van der Waals surface area contributed by atoms with E-state index in [9.17, 15) is 10.2 Å². The minimum absolute atomic E-state index is 0.265. The van der Waals surface area contributed by atoms with E-state index >= 15 is 0 Å². The number of aromatic hydroxyl groups is 2. The topological polar surface area (TPSA) is 52.5 Å². The fraction of sp³-hybridized carbons (Fsp3) is 0. The number of phenolic OH excluding ortho intramolecular Hbond substituents is 2. The van der Waals surface area contributed by atoms with Crippen LogP contribution in [0.15, 0.2) is 72.8 Å². The molecule has 0 atom stereocenters. The van der Waals surface area contributed by atoms with Crippen LogP contribution < -0.4 is 5.32 Å². The van der Waals surface area contributed by atoms with Gasteiger partial charge in [-0.05, 0) is 24.3 Å². The lowest BCUT2D eigenvalue weighted by molar-refractivity contribution is 0.481. The molecule has 0 fully saturated rings. The molecule has 4 aromatic carbocycles. The first-order valence-corrected chi connectivity index (χ1v) is 7.42. The maximum Gasteiger partial charge on any atom is 0.123 e. The minimum atomic E-state index is 0.265. The van der Waals surface area contributed by atoms with Gasteiger partial charge in [0.05, 0.1) is 0 Å². The average molecular weight is 301 g/mol. The van der Waals surface area contributed by atoms with Gasteiger partial charge in [0.25, 0.3) is 0 Å². The second-order valence-electron chi connectivity index (χ2n) is 5.48. The second kappa shape index (κ2) is 5.21. The molecule has 0 aliphatic rings. The van der Waals surface area contributed by atoms with Crippen LogP contribution in [-0.4, -0.2) is 10.2 Å². The number of anilines is 2. The lowest BCUT2D eigenvalue weighted by Crippen LogP contribution is -1.93. The summed E-state index contributed by atoms with van der Waals surface area (Å²) in [5.41, 5.74) is 1.82. The fourth-order valence-electron chi connectivity index (χ4n) is 2.93. The van der Waals surface area contributed by atoms with Crippen molar-refractivity contribution in [3.05, 3.63) is 72.8 Å². The third kappa shape index (κ3) is 2.23. The van der Waals surface area contributed by atoms with Crippen molar-refractivity contribution in [1.29, 1.82) is 0 Å². The van der Waals surface area contributed by atoms with Gasteiger partial charge in [-0.3, -0.25) is 0 Å². The van der Waals surface area contributed by atoms with Crippen LogP contribution in [0.4, 0.5) is 11.4 Å². The van der Waals surface area contributed by atoms with Crippen LogP contribution in [0.2, 0.25) is 0 Å². The van der Waals surface area contributed by atoms with Crippen molar-refractivity contribution >= 4 is 32.9 Å². The van der Waals surface area contributed by atoms with Crippen LogP contribution in [-0.2, 0) is 0 Å². The minimum Gasteiger partial charge on any atom is -0.507 e. The molecule has 0 saturated heterocycles. The number of benzene rings is 4. The SMILES string of the molecule is Oc1ccc(Nc2ccc(O)c3ccccc23)c2ccccc12. The third-order valence-electron chi connectivity index (χ3n) is 4.07. The number of hydrogen-bond donors (Lipinski definition) is 3. The smallest absolute Gasteiger partial charge is 0.123 e. The molecule has 3 nitrogen and oxygen atoms in total. The van der Waals surface area contributed by atoms with E-state index in [1.807, 2.05) is 60.7 Å². The Balaban J connectivity index is 1.89. The molecule has 0 aliphatic carbocycles. The summed E-state index contributed by atoms with van der Waals surface area (Å²) in [4.78, 5) is 0. The van der Waals surface area contributed by atoms with Gasteiger partial charge >= 0.3 is 0 Å². The first kappa shape index (κ1) is 13.5. The van der Waals surface area contributed by atoms with Crippen LogP contribution in [0, 0.1) is 0 Å². The lowest BCUT2D eigenvalue weighted by Gasteiger charge is -2.13. The van der Waals surface area contributed by atoms with Gasteiger partial charge in [-0.25, -0.2) is 0 Å². The molecule has 0 spiro atoms. The summed E-state index contributed by atoms with van der Waals surface area (Å²) in [7, 11) is 0. The zero-order valence-corrected chi connectivity index (χ0v) is 12.3. The molecule has 0 saturated carbocycles. The standard InChI is InChI=1S/C20H15NO2/c22-19-11-9-17(13-5-1-3-7-15(13)19)21-18-10-12-20(23)16-8-4-2-6-14(16)18/h1-12,21-23H. The van der Waals surface area contributed by atoms with Gasteiger partial charge in [0, 0.05) is 32.9 Å².